The van der Waals surface area contributed by atoms with Gasteiger partial charge >= 0.3 is 0 Å². The first kappa shape index (κ1) is 16.7. The highest BCUT2D eigenvalue weighted by Gasteiger charge is 2.31. The number of benzene rings is 3. The molecule has 0 unspecified atom stereocenters. The second-order valence-corrected chi connectivity index (χ2v) is 5.97. The van der Waals surface area contributed by atoms with Gasteiger partial charge in [-0.05, 0) is 24.3 Å². The van der Waals surface area contributed by atoms with E-state index in [2.05, 4.69) is 10.4 Å². The number of hydrazine groups is 1. The predicted molar refractivity (Wildman–Crippen MR) is 104 cm³/mol. The molecule has 5 heteroatoms. The molecular formula is C22H16FN3O. The topological polar surface area (TPSA) is 44.7 Å². The second kappa shape index (κ2) is 7.25. The van der Waals surface area contributed by atoms with Crippen LogP contribution in [0.3, 0.4) is 0 Å². The summed E-state index contributed by atoms with van der Waals surface area (Å²) in [7, 11) is 0. The number of rotatable bonds is 4. The summed E-state index contributed by atoms with van der Waals surface area (Å²) in [4.78, 5) is 17.4. The number of aliphatic imine (C=N–C) groups is 1. The number of anilines is 1. The lowest BCUT2D eigenvalue weighted by Crippen LogP contribution is -2.37. The Morgan fingerprint density at radius 2 is 1.48 bits per heavy atom. The van der Waals surface area contributed by atoms with Crippen LogP contribution in [0, 0.1) is 5.82 Å². The molecular weight excluding hydrogens is 341 g/mol. The van der Waals surface area contributed by atoms with Crippen LogP contribution in [0.5, 0.6) is 0 Å². The summed E-state index contributed by atoms with van der Waals surface area (Å²) in [6.07, 6.45) is 1.47. The molecule has 0 aliphatic carbocycles. The third-order valence-corrected chi connectivity index (χ3v) is 4.10. The van der Waals surface area contributed by atoms with Gasteiger partial charge in [-0.1, -0.05) is 66.7 Å². The molecule has 1 N–H and O–H groups in total. The first-order valence-corrected chi connectivity index (χ1v) is 8.49. The maximum absolute atomic E-state index is 14.0. The molecule has 0 atom stereocenters. The van der Waals surface area contributed by atoms with Crippen LogP contribution in [0.25, 0.3) is 6.08 Å². The summed E-state index contributed by atoms with van der Waals surface area (Å²) in [6.45, 7) is 0. The molecule has 4 rings (SSSR count). The molecule has 1 amide bonds. The summed E-state index contributed by atoms with van der Waals surface area (Å²) in [6, 6.07) is 25.0. The van der Waals surface area contributed by atoms with E-state index in [-0.39, 0.29) is 11.6 Å². The summed E-state index contributed by atoms with van der Waals surface area (Å²) < 4.78 is 14.0. The molecule has 1 aliphatic heterocycles. The van der Waals surface area contributed by atoms with E-state index >= 15 is 0 Å². The molecule has 3 aromatic carbocycles. The average molecular weight is 357 g/mol. The average Bonchev–Trinajstić information content (AvgIpc) is 3.01. The molecule has 1 heterocycles. The molecule has 0 aromatic heterocycles. The fourth-order valence-corrected chi connectivity index (χ4v) is 2.78. The minimum Gasteiger partial charge on any atom is -0.290 e. The Morgan fingerprint density at radius 3 is 2.19 bits per heavy atom. The first-order chi connectivity index (χ1) is 13.2. The zero-order valence-electron chi connectivity index (χ0n) is 14.3. The van der Waals surface area contributed by atoms with Gasteiger partial charge in [0.1, 0.15) is 11.5 Å². The molecule has 1 aliphatic rings. The van der Waals surface area contributed by atoms with Crippen molar-refractivity contribution in [1.82, 2.24) is 5.01 Å². The Balaban J connectivity index is 1.75. The van der Waals surface area contributed by atoms with Crippen LogP contribution < -0.4 is 5.43 Å². The minimum atomic E-state index is -0.399. The van der Waals surface area contributed by atoms with E-state index in [9.17, 15) is 9.18 Å². The monoisotopic (exact) mass is 357 g/mol. The van der Waals surface area contributed by atoms with Crippen LogP contribution in [0.1, 0.15) is 11.1 Å². The molecule has 0 spiro atoms. The smallest absolute Gasteiger partial charge is 0.290 e. The Kier molecular flexibility index (Phi) is 4.49. The largest absolute Gasteiger partial charge is 0.297 e. The van der Waals surface area contributed by atoms with Crippen LogP contribution in [-0.4, -0.2) is 16.8 Å². The standard InChI is InChI=1S/C22H16FN3O/c23-19-14-8-7-11-17(19)15-20-22(27)26(25-18-12-5-2-6-13-18)21(24-20)16-9-3-1-4-10-16/h1-15,25H/b20-15+. The molecule has 27 heavy (non-hydrogen) atoms. The normalized spacial score (nSPS) is 15.1. The lowest BCUT2D eigenvalue weighted by Gasteiger charge is -2.20. The van der Waals surface area contributed by atoms with Gasteiger partial charge in [0.05, 0.1) is 5.69 Å². The highest BCUT2D eigenvalue weighted by Crippen LogP contribution is 2.23. The fraction of sp³-hybridized carbons (Fsp3) is 0. The number of carbonyl (C=O) groups excluding carboxylic acids is 1. The maximum atomic E-state index is 14.0. The van der Waals surface area contributed by atoms with Gasteiger partial charge in [-0.25, -0.2) is 9.38 Å². The fourth-order valence-electron chi connectivity index (χ4n) is 2.78. The summed E-state index contributed by atoms with van der Waals surface area (Å²) in [5.74, 6) is -0.281. The van der Waals surface area contributed by atoms with Crippen LogP contribution >= 0.6 is 0 Å². The van der Waals surface area contributed by atoms with Gasteiger partial charge in [-0.2, -0.15) is 5.01 Å². The molecule has 0 saturated carbocycles. The third kappa shape index (κ3) is 3.48. The lowest BCUT2D eigenvalue weighted by molar-refractivity contribution is -0.121. The third-order valence-electron chi connectivity index (χ3n) is 4.10. The van der Waals surface area contributed by atoms with Gasteiger partial charge in [0.25, 0.3) is 5.91 Å². The minimum absolute atomic E-state index is 0.169. The lowest BCUT2D eigenvalue weighted by atomic mass is 10.2. The van der Waals surface area contributed by atoms with E-state index in [0.29, 0.717) is 11.4 Å². The zero-order valence-corrected chi connectivity index (χ0v) is 14.3. The van der Waals surface area contributed by atoms with Crippen molar-refractivity contribution >= 4 is 23.5 Å². The number of carbonyl (C=O) groups is 1. The van der Waals surface area contributed by atoms with Crippen LogP contribution in [-0.2, 0) is 4.79 Å². The predicted octanol–water partition coefficient (Wildman–Crippen LogP) is 4.48. The van der Waals surface area contributed by atoms with Crippen molar-refractivity contribution < 1.29 is 9.18 Å². The van der Waals surface area contributed by atoms with Gasteiger partial charge in [-0.15, -0.1) is 0 Å². The van der Waals surface area contributed by atoms with Crippen molar-refractivity contribution in [3.63, 3.8) is 0 Å². The SMILES string of the molecule is O=C1/C(=C\c2ccccc2F)N=C(c2ccccc2)N1Nc1ccccc1. The van der Waals surface area contributed by atoms with Crippen molar-refractivity contribution in [2.45, 2.75) is 0 Å². The van der Waals surface area contributed by atoms with Gasteiger partial charge < -0.3 is 0 Å². The van der Waals surface area contributed by atoms with Crippen molar-refractivity contribution in [2.75, 3.05) is 5.43 Å². The van der Waals surface area contributed by atoms with E-state index in [1.165, 1.54) is 17.2 Å². The Bertz CT molecular complexity index is 1030. The number of hydrogen-bond acceptors (Lipinski definition) is 3. The molecule has 0 fully saturated rings. The Labute approximate surface area is 156 Å². The van der Waals surface area contributed by atoms with Crippen LogP contribution in [0.2, 0.25) is 0 Å². The van der Waals surface area contributed by atoms with E-state index < -0.39 is 5.82 Å². The molecule has 132 valence electrons. The van der Waals surface area contributed by atoms with Crippen LogP contribution in [0.4, 0.5) is 10.1 Å². The van der Waals surface area contributed by atoms with E-state index in [1.807, 2.05) is 60.7 Å². The second-order valence-electron chi connectivity index (χ2n) is 5.97. The van der Waals surface area contributed by atoms with Crippen molar-refractivity contribution in [3.05, 3.63) is 108 Å². The quantitative estimate of drug-likeness (QED) is 0.700. The molecule has 4 nitrogen and oxygen atoms in total. The maximum Gasteiger partial charge on any atom is 0.297 e. The van der Waals surface area contributed by atoms with E-state index in [1.54, 1.807) is 18.2 Å². The first-order valence-electron chi connectivity index (χ1n) is 8.49. The van der Waals surface area contributed by atoms with Gasteiger partial charge in [-0.3, -0.25) is 10.2 Å². The molecule has 0 saturated heterocycles. The summed E-state index contributed by atoms with van der Waals surface area (Å²) >= 11 is 0. The molecule has 0 bridgehead atoms. The van der Waals surface area contributed by atoms with E-state index in [4.69, 9.17) is 0 Å². The summed E-state index contributed by atoms with van der Waals surface area (Å²) in [5, 5.41) is 1.39. The van der Waals surface area contributed by atoms with E-state index in [0.717, 1.165) is 11.3 Å². The number of hydrogen-bond donors (Lipinski definition) is 1. The summed E-state index contributed by atoms with van der Waals surface area (Å²) in [5.41, 5.74) is 5.11. The highest BCUT2D eigenvalue weighted by molar-refractivity contribution is 6.20. The number of nitrogens with one attached hydrogen (secondary N) is 1. The number of nitrogens with zero attached hydrogens (tertiary/aromatic N) is 2. The Morgan fingerprint density at radius 1 is 0.852 bits per heavy atom. The van der Waals surface area contributed by atoms with Crippen molar-refractivity contribution in [2.24, 2.45) is 4.99 Å². The molecule has 0 radical (unpaired) electrons. The Hall–Kier alpha value is -3.73. The van der Waals surface area contributed by atoms with Gasteiger partial charge in [0.2, 0.25) is 0 Å². The number of amides is 1. The van der Waals surface area contributed by atoms with Gasteiger partial charge in [0, 0.05) is 11.1 Å². The van der Waals surface area contributed by atoms with Crippen molar-refractivity contribution in [1.29, 1.82) is 0 Å². The number of halogens is 1. The van der Waals surface area contributed by atoms with Crippen molar-refractivity contribution in [3.8, 4) is 0 Å². The van der Waals surface area contributed by atoms with Gasteiger partial charge in [0.15, 0.2) is 5.84 Å². The zero-order chi connectivity index (χ0) is 18.6. The number of amidine groups is 1. The van der Waals surface area contributed by atoms with Crippen LogP contribution in [0.15, 0.2) is 95.6 Å². The number of para-hydroxylation sites is 1. The molecule has 3 aromatic rings. The highest BCUT2D eigenvalue weighted by atomic mass is 19.1.